The Hall–Kier alpha value is -2.60. The molecule has 134 valence electrons. The first-order valence-corrected chi connectivity index (χ1v) is 9.45. The zero-order valence-electron chi connectivity index (χ0n) is 15.1. The van der Waals surface area contributed by atoms with Crippen LogP contribution >= 0.6 is 11.8 Å². The van der Waals surface area contributed by atoms with E-state index in [4.69, 9.17) is 4.74 Å². The minimum Gasteiger partial charge on any atom is -0.494 e. The number of ketones is 1. The van der Waals surface area contributed by atoms with E-state index in [1.54, 1.807) is 6.92 Å². The number of benzene rings is 2. The molecule has 0 saturated carbocycles. The number of nitrogens with zero attached hydrogens (tertiary/aromatic N) is 3. The highest BCUT2D eigenvalue weighted by molar-refractivity contribution is 7.99. The normalized spacial score (nSPS) is 10.7. The molecule has 0 amide bonds. The molecule has 3 aromatic rings. The molecule has 26 heavy (non-hydrogen) atoms. The van der Waals surface area contributed by atoms with Crippen molar-refractivity contribution in [2.75, 3.05) is 12.4 Å². The minimum absolute atomic E-state index is 0.105. The van der Waals surface area contributed by atoms with Crippen molar-refractivity contribution >= 4 is 17.5 Å². The van der Waals surface area contributed by atoms with Crippen molar-refractivity contribution in [2.24, 2.45) is 0 Å². The molecule has 3 rings (SSSR count). The van der Waals surface area contributed by atoms with Gasteiger partial charge in [0.2, 0.25) is 0 Å². The number of ether oxygens (including phenoxy) is 1. The molecular formula is C20H21N3O2S. The Labute approximate surface area is 157 Å². The fraction of sp³-hybridized carbons (Fsp3) is 0.250. The van der Waals surface area contributed by atoms with Crippen LogP contribution in [0.15, 0.2) is 53.7 Å². The van der Waals surface area contributed by atoms with Gasteiger partial charge in [-0.1, -0.05) is 35.5 Å². The van der Waals surface area contributed by atoms with Crippen LogP contribution in [-0.4, -0.2) is 32.9 Å². The second-order valence-electron chi connectivity index (χ2n) is 5.93. The van der Waals surface area contributed by atoms with E-state index in [-0.39, 0.29) is 5.78 Å². The number of hydrogen-bond donors (Lipinski definition) is 0. The smallest absolute Gasteiger partial charge is 0.196 e. The van der Waals surface area contributed by atoms with Crippen LogP contribution in [0.25, 0.3) is 17.1 Å². The quantitative estimate of drug-likeness (QED) is 0.582. The lowest BCUT2D eigenvalue weighted by Crippen LogP contribution is -2.02. The fourth-order valence-corrected chi connectivity index (χ4v) is 3.34. The van der Waals surface area contributed by atoms with Crippen molar-refractivity contribution in [3.05, 3.63) is 54.1 Å². The van der Waals surface area contributed by atoms with E-state index in [0.717, 1.165) is 28.4 Å². The fourth-order valence-electron chi connectivity index (χ4n) is 2.59. The van der Waals surface area contributed by atoms with Gasteiger partial charge in [0.15, 0.2) is 11.0 Å². The van der Waals surface area contributed by atoms with Crippen molar-refractivity contribution in [3.8, 4) is 22.8 Å². The first-order chi connectivity index (χ1) is 12.6. The summed E-state index contributed by atoms with van der Waals surface area (Å²) >= 11 is 1.39. The number of hydrogen-bond acceptors (Lipinski definition) is 5. The zero-order valence-corrected chi connectivity index (χ0v) is 15.9. The predicted molar refractivity (Wildman–Crippen MR) is 104 cm³/mol. The number of carbonyl (C=O) groups excluding carboxylic acids is 1. The first-order valence-electron chi connectivity index (χ1n) is 8.46. The molecule has 0 spiro atoms. The molecule has 0 unspecified atom stereocenters. The number of thioether (sulfide) groups is 1. The number of Topliss-reactive ketones (excluding diaryl/α,β-unsaturated/α-hetero) is 1. The third-order valence-electron chi connectivity index (χ3n) is 3.72. The SMILES string of the molecule is CCOc1ccc(-n2c(SCC(C)=O)nnc2-c2cccc(C)c2)cc1. The molecule has 1 heterocycles. The Morgan fingerprint density at radius 3 is 2.58 bits per heavy atom. The Bertz CT molecular complexity index is 904. The predicted octanol–water partition coefficient (Wildman–Crippen LogP) is 4.32. The van der Waals surface area contributed by atoms with E-state index in [0.29, 0.717) is 17.5 Å². The molecule has 5 nitrogen and oxygen atoms in total. The Balaban J connectivity index is 2.06. The van der Waals surface area contributed by atoms with Crippen LogP contribution in [0, 0.1) is 6.92 Å². The van der Waals surface area contributed by atoms with Gasteiger partial charge in [0.1, 0.15) is 11.5 Å². The molecule has 0 radical (unpaired) electrons. The van der Waals surface area contributed by atoms with Crippen LogP contribution in [0.4, 0.5) is 0 Å². The van der Waals surface area contributed by atoms with Crippen molar-refractivity contribution in [2.45, 2.75) is 25.9 Å². The van der Waals surface area contributed by atoms with E-state index < -0.39 is 0 Å². The van der Waals surface area contributed by atoms with Gasteiger partial charge in [0, 0.05) is 11.3 Å². The van der Waals surface area contributed by atoms with Crippen LogP contribution in [0.3, 0.4) is 0 Å². The monoisotopic (exact) mass is 367 g/mol. The Morgan fingerprint density at radius 1 is 1.15 bits per heavy atom. The number of aromatic nitrogens is 3. The molecule has 0 aliphatic carbocycles. The van der Waals surface area contributed by atoms with Gasteiger partial charge in [0.05, 0.1) is 12.4 Å². The summed E-state index contributed by atoms with van der Waals surface area (Å²) in [6.45, 7) is 6.21. The van der Waals surface area contributed by atoms with Crippen LogP contribution in [0.5, 0.6) is 5.75 Å². The molecule has 0 saturated heterocycles. The van der Waals surface area contributed by atoms with E-state index in [1.807, 2.05) is 60.9 Å². The maximum absolute atomic E-state index is 11.4. The summed E-state index contributed by atoms with van der Waals surface area (Å²) in [5.41, 5.74) is 3.07. The van der Waals surface area contributed by atoms with Gasteiger partial charge in [-0.15, -0.1) is 10.2 Å². The van der Waals surface area contributed by atoms with E-state index in [9.17, 15) is 4.79 Å². The van der Waals surface area contributed by atoms with Gasteiger partial charge in [0.25, 0.3) is 0 Å². The summed E-state index contributed by atoms with van der Waals surface area (Å²) in [7, 11) is 0. The number of rotatable bonds is 7. The van der Waals surface area contributed by atoms with Crippen molar-refractivity contribution in [1.82, 2.24) is 14.8 Å². The average molecular weight is 367 g/mol. The molecule has 1 aromatic heterocycles. The summed E-state index contributed by atoms with van der Waals surface area (Å²) in [5.74, 6) is 2.04. The van der Waals surface area contributed by atoms with Gasteiger partial charge in [-0.2, -0.15) is 0 Å². The third kappa shape index (κ3) is 4.14. The van der Waals surface area contributed by atoms with E-state index in [2.05, 4.69) is 16.3 Å². The highest BCUT2D eigenvalue weighted by Gasteiger charge is 2.17. The standard InChI is InChI=1S/C20H21N3O2S/c1-4-25-18-10-8-17(9-11-18)23-19(16-7-5-6-14(2)12-16)21-22-20(23)26-13-15(3)24/h5-12H,4,13H2,1-3H3. The molecule has 0 aliphatic heterocycles. The summed E-state index contributed by atoms with van der Waals surface area (Å²) in [6.07, 6.45) is 0. The molecule has 0 fully saturated rings. The molecule has 0 bridgehead atoms. The largest absolute Gasteiger partial charge is 0.494 e. The van der Waals surface area contributed by atoms with Crippen LogP contribution in [-0.2, 0) is 4.79 Å². The van der Waals surface area contributed by atoms with Crippen LogP contribution in [0.1, 0.15) is 19.4 Å². The van der Waals surface area contributed by atoms with Gasteiger partial charge in [-0.05, 0) is 51.1 Å². The molecule has 0 atom stereocenters. The molecule has 2 aromatic carbocycles. The average Bonchev–Trinajstić information content (AvgIpc) is 3.05. The van der Waals surface area contributed by atoms with E-state index >= 15 is 0 Å². The summed E-state index contributed by atoms with van der Waals surface area (Å²) in [6, 6.07) is 16.0. The number of carbonyl (C=O) groups is 1. The summed E-state index contributed by atoms with van der Waals surface area (Å²) < 4.78 is 7.51. The van der Waals surface area contributed by atoms with Gasteiger partial charge in [-0.25, -0.2) is 0 Å². The topological polar surface area (TPSA) is 57.0 Å². The second-order valence-corrected chi connectivity index (χ2v) is 6.87. The van der Waals surface area contributed by atoms with Gasteiger partial charge in [-0.3, -0.25) is 9.36 Å². The summed E-state index contributed by atoms with van der Waals surface area (Å²) in [5, 5.41) is 9.41. The van der Waals surface area contributed by atoms with Crippen LogP contribution in [0.2, 0.25) is 0 Å². The van der Waals surface area contributed by atoms with Crippen molar-refractivity contribution in [3.63, 3.8) is 0 Å². The lowest BCUT2D eigenvalue weighted by molar-refractivity contribution is -0.114. The van der Waals surface area contributed by atoms with Crippen molar-refractivity contribution < 1.29 is 9.53 Å². The first kappa shape index (κ1) is 18.2. The maximum atomic E-state index is 11.4. The zero-order chi connectivity index (χ0) is 18.5. The Morgan fingerprint density at radius 2 is 1.92 bits per heavy atom. The molecule has 0 N–H and O–H groups in total. The lowest BCUT2D eigenvalue weighted by atomic mass is 10.1. The maximum Gasteiger partial charge on any atom is 0.196 e. The lowest BCUT2D eigenvalue weighted by Gasteiger charge is -2.11. The van der Waals surface area contributed by atoms with Gasteiger partial charge >= 0.3 is 0 Å². The molecule has 6 heteroatoms. The molecule has 0 aliphatic rings. The van der Waals surface area contributed by atoms with Gasteiger partial charge < -0.3 is 4.74 Å². The number of aryl methyl sites for hydroxylation is 1. The third-order valence-corrected chi connectivity index (χ3v) is 4.79. The van der Waals surface area contributed by atoms with E-state index in [1.165, 1.54) is 11.8 Å². The minimum atomic E-state index is 0.105. The second kappa shape index (κ2) is 8.19. The van der Waals surface area contributed by atoms with Crippen LogP contribution < -0.4 is 4.74 Å². The highest BCUT2D eigenvalue weighted by atomic mass is 32.2. The summed E-state index contributed by atoms with van der Waals surface area (Å²) in [4.78, 5) is 11.4. The van der Waals surface area contributed by atoms with Crippen molar-refractivity contribution in [1.29, 1.82) is 0 Å². The highest BCUT2D eigenvalue weighted by Crippen LogP contribution is 2.29. The molecular weight excluding hydrogens is 346 g/mol. The Kier molecular flexibility index (Phi) is 5.73.